The summed E-state index contributed by atoms with van der Waals surface area (Å²) in [5.41, 5.74) is -0.589. The molecule has 6 nitrogen and oxygen atoms in total. The molecule has 23 heavy (non-hydrogen) atoms. The lowest BCUT2D eigenvalue weighted by Crippen LogP contribution is -2.63. The molecule has 0 aromatic carbocycles. The van der Waals surface area contributed by atoms with Gasteiger partial charge < -0.3 is 14.2 Å². The van der Waals surface area contributed by atoms with Gasteiger partial charge in [0, 0.05) is 24.4 Å². The van der Waals surface area contributed by atoms with Crippen LogP contribution in [-0.2, 0) is 10.9 Å². The Morgan fingerprint density at radius 2 is 1.91 bits per heavy atom. The first-order valence-electron chi connectivity index (χ1n) is 7.36. The van der Waals surface area contributed by atoms with E-state index < -0.39 is 17.6 Å². The highest BCUT2D eigenvalue weighted by Gasteiger charge is 2.56. The summed E-state index contributed by atoms with van der Waals surface area (Å²) in [5.74, 6) is -1.38. The molecule has 0 radical (unpaired) electrons. The Labute approximate surface area is 131 Å². The fourth-order valence-electron chi connectivity index (χ4n) is 3.15. The number of carbonyl (C=O) groups is 1. The van der Waals surface area contributed by atoms with E-state index in [4.69, 9.17) is 9.26 Å². The summed E-state index contributed by atoms with van der Waals surface area (Å²) in [6.45, 7) is 6.51. The Morgan fingerprint density at radius 3 is 2.39 bits per heavy atom. The number of halogens is 3. The van der Waals surface area contributed by atoms with Crippen LogP contribution < -0.4 is 0 Å². The van der Waals surface area contributed by atoms with Crippen LogP contribution in [-0.4, -0.2) is 39.8 Å². The molecule has 1 aliphatic carbocycles. The van der Waals surface area contributed by atoms with E-state index in [1.165, 1.54) is 0 Å². The molecule has 0 N–H and O–H groups in total. The number of amides is 1. The molecule has 1 saturated carbocycles. The van der Waals surface area contributed by atoms with Gasteiger partial charge in [-0.05, 0) is 33.6 Å². The topological polar surface area (TPSA) is 68.5 Å². The zero-order valence-electron chi connectivity index (χ0n) is 13.1. The summed E-state index contributed by atoms with van der Waals surface area (Å²) >= 11 is 0. The van der Waals surface area contributed by atoms with Gasteiger partial charge in [-0.2, -0.15) is 18.2 Å². The van der Waals surface area contributed by atoms with Gasteiger partial charge in [-0.1, -0.05) is 5.16 Å². The van der Waals surface area contributed by atoms with Gasteiger partial charge in [0.1, 0.15) is 5.60 Å². The van der Waals surface area contributed by atoms with E-state index >= 15 is 0 Å². The normalized spacial score (nSPS) is 21.0. The van der Waals surface area contributed by atoms with Gasteiger partial charge in [0.2, 0.25) is 5.89 Å². The van der Waals surface area contributed by atoms with E-state index in [2.05, 4.69) is 10.1 Å². The smallest absolute Gasteiger partial charge is 0.444 e. The molecule has 9 heteroatoms. The van der Waals surface area contributed by atoms with Crippen molar-refractivity contribution in [1.29, 1.82) is 0 Å². The van der Waals surface area contributed by atoms with Gasteiger partial charge in [-0.3, -0.25) is 0 Å². The van der Waals surface area contributed by atoms with Crippen molar-refractivity contribution in [3.63, 3.8) is 0 Å². The van der Waals surface area contributed by atoms with Crippen molar-refractivity contribution in [2.45, 2.75) is 51.3 Å². The van der Waals surface area contributed by atoms with Gasteiger partial charge in [0.25, 0.3) is 5.82 Å². The lowest BCUT2D eigenvalue weighted by Gasteiger charge is -2.57. The quantitative estimate of drug-likeness (QED) is 0.789. The lowest BCUT2D eigenvalue weighted by atomic mass is 9.58. The third kappa shape index (κ3) is 3.13. The van der Waals surface area contributed by atoms with Crippen LogP contribution in [0.4, 0.5) is 18.0 Å². The summed E-state index contributed by atoms with van der Waals surface area (Å²) in [6.07, 6.45) is -3.66. The van der Waals surface area contributed by atoms with Crippen molar-refractivity contribution in [3.05, 3.63) is 11.7 Å². The number of hydrogen-bond acceptors (Lipinski definition) is 5. The zero-order chi connectivity index (χ0) is 17.0. The van der Waals surface area contributed by atoms with Crippen molar-refractivity contribution in [3.8, 4) is 0 Å². The van der Waals surface area contributed by atoms with E-state index in [0.29, 0.717) is 25.9 Å². The third-order valence-electron chi connectivity index (χ3n) is 4.11. The fourth-order valence-corrected chi connectivity index (χ4v) is 3.15. The molecule has 1 aliphatic heterocycles. The minimum Gasteiger partial charge on any atom is -0.444 e. The fraction of sp³-hybridized carbons (Fsp3) is 0.786. The summed E-state index contributed by atoms with van der Waals surface area (Å²) < 4.78 is 47.3. The summed E-state index contributed by atoms with van der Waals surface area (Å²) in [4.78, 5) is 16.9. The predicted molar refractivity (Wildman–Crippen MR) is 71.5 cm³/mol. The molecule has 1 spiro atoms. The maximum absolute atomic E-state index is 12.4. The van der Waals surface area contributed by atoms with Crippen molar-refractivity contribution in [1.82, 2.24) is 15.0 Å². The predicted octanol–water partition coefficient (Wildman–Crippen LogP) is 3.20. The lowest BCUT2D eigenvalue weighted by molar-refractivity contribution is -0.146. The van der Waals surface area contributed by atoms with Crippen LogP contribution in [0.2, 0.25) is 0 Å². The first-order valence-corrected chi connectivity index (χ1v) is 7.36. The van der Waals surface area contributed by atoms with Gasteiger partial charge in [-0.15, -0.1) is 0 Å². The Bertz CT molecular complexity index is 607. The molecule has 2 aliphatic rings. The van der Waals surface area contributed by atoms with Crippen LogP contribution in [0.3, 0.4) is 0 Å². The Kier molecular flexibility index (Phi) is 3.39. The molecule has 1 saturated heterocycles. The van der Waals surface area contributed by atoms with Crippen molar-refractivity contribution in [2.75, 3.05) is 13.1 Å². The van der Waals surface area contributed by atoms with E-state index in [9.17, 15) is 18.0 Å². The van der Waals surface area contributed by atoms with Gasteiger partial charge >= 0.3 is 12.3 Å². The minimum absolute atomic E-state index is 0.0265. The summed E-state index contributed by atoms with van der Waals surface area (Å²) in [7, 11) is 0. The maximum atomic E-state index is 12.4. The molecule has 2 heterocycles. The molecule has 1 aromatic heterocycles. The molecule has 0 bridgehead atoms. The molecule has 0 atom stereocenters. The molecule has 1 aromatic rings. The molecular formula is C14H18F3N3O3. The van der Waals surface area contributed by atoms with Crippen LogP contribution in [0, 0.1) is 5.41 Å². The second-order valence-corrected chi connectivity index (χ2v) is 7.40. The monoisotopic (exact) mass is 333 g/mol. The first kappa shape index (κ1) is 16.1. The van der Waals surface area contributed by atoms with Gasteiger partial charge in [0.05, 0.1) is 0 Å². The van der Waals surface area contributed by atoms with E-state index in [-0.39, 0.29) is 23.3 Å². The van der Waals surface area contributed by atoms with E-state index in [1.807, 2.05) is 0 Å². The number of alkyl halides is 3. The first-order chi connectivity index (χ1) is 10.5. The van der Waals surface area contributed by atoms with Crippen LogP contribution in [0.25, 0.3) is 0 Å². The number of carbonyl (C=O) groups excluding carboxylic acids is 1. The SMILES string of the molecule is CC(C)(C)OC(=O)N1CC2(CC(c3nc(C(F)(F)F)no3)C2)C1. The van der Waals surface area contributed by atoms with Gasteiger partial charge in [-0.25, -0.2) is 4.79 Å². The molecule has 128 valence electrons. The maximum Gasteiger partial charge on any atom is 0.455 e. The van der Waals surface area contributed by atoms with Crippen molar-refractivity contribution in [2.24, 2.45) is 5.41 Å². The van der Waals surface area contributed by atoms with Gasteiger partial charge in [0.15, 0.2) is 0 Å². The number of ether oxygens (including phenoxy) is 1. The number of aromatic nitrogens is 2. The van der Waals surface area contributed by atoms with Crippen LogP contribution in [0.15, 0.2) is 4.52 Å². The highest BCUT2D eigenvalue weighted by molar-refractivity contribution is 5.69. The van der Waals surface area contributed by atoms with Crippen LogP contribution in [0.5, 0.6) is 0 Å². The van der Waals surface area contributed by atoms with E-state index in [1.54, 1.807) is 25.7 Å². The van der Waals surface area contributed by atoms with Crippen LogP contribution in [0.1, 0.15) is 51.2 Å². The minimum atomic E-state index is -4.59. The summed E-state index contributed by atoms with van der Waals surface area (Å²) in [5, 5.41) is 2.97. The number of hydrogen-bond donors (Lipinski definition) is 0. The summed E-state index contributed by atoms with van der Waals surface area (Å²) in [6, 6.07) is 0. The van der Waals surface area contributed by atoms with Crippen LogP contribution >= 0.6 is 0 Å². The highest BCUT2D eigenvalue weighted by Crippen LogP contribution is 2.56. The Balaban J connectivity index is 1.51. The Hall–Kier alpha value is -1.80. The molecule has 3 rings (SSSR count). The third-order valence-corrected chi connectivity index (χ3v) is 4.11. The van der Waals surface area contributed by atoms with E-state index in [0.717, 1.165) is 0 Å². The molecule has 1 amide bonds. The zero-order valence-corrected chi connectivity index (χ0v) is 13.1. The molecule has 2 fully saturated rings. The van der Waals surface area contributed by atoms with Crippen molar-refractivity contribution < 1.29 is 27.2 Å². The largest absolute Gasteiger partial charge is 0.455 e. The number of nitrogens with zero attached hydrogens (tertiary/aromatic N) is 3. The standard InChI is InChI=1S/C14H18F3N3O3/c1-12(2,3)22-11(21)20-6-13(7-20)4-8(5-13)9-18-10(19-23-9)14(15,16)17/h8H,4-7H2,1-3H3. The average Bonchev–Trinajstić information content (AvgIpc) is 2.71. The second-order valence-electron chi connectivity index (χ2n) is 7.40. The molecular weight excluding hydrogens is 315 g/mol. The Morgan fingerprint density at radius 1 is 1.30 bits per heavy atom. The number of likely N-dealkylation sites (tertiary alicyclic amines) is 1. The number of rotatable bonds is 1. The molecule has 0 unspecified atom stereocenters. The van der Waals surface area contributed by atoms with Crippen molar-refractivity contribution >= 4 is 6.09 Å². The highest BCUT2D eigenvalue weighted by atomic mass is 19.4. The second kappa shape index (κ2) is 4.85. The average molecular weight is 333 g/mol.